The first-order chi connectivity index (χ1) is 11.5. The van der Waals surface area contributed by atoms with Crippen molar-refractivity contribution in [2.24, 2.45) is 0 Å². The van der Waals surface area contributed by atoms with Crippen molar-refractivity contribution in [1.82, 2.24) is 0 Å². The van der Waals surface area contributed by atoms with Crippen LogP contribution in [0.4, 0.5) is 5.69 Å². The van der Waals surface area contributed by atoms with Crippen LogP contribution in [0.2, 0.25) is 5.02 Å². The van der Waals surface area contributed by atoms with Crippen molar-refractivity contribution >= 4 is 23.3 Å². The van der Waals surface area contributed by atoms with Crippen LogP contribution in [0.1, 0.15) is 29.3 Å². The molecule has 0 radical (unpaired) electrons. The van der Waals surface area contributed by atoms with E-state index in [-0.39, 0.29) is 5.56 Å². The highest BCUT2D eigenvalue weighted by Gasteiger charge is 2.11. The van der Waals surface area contributed by atoms with Crippen molar-refractivity contribution in [2.75, 3.05) is 19.0 Å². The third-order valence-electron chi connectivity index (χ3n) is 3.41. The molecule has 2 rings (SSSR count). The monoisotopic (exact) mass is 349 g/mol. The van der Waals surface area contributed by atoms with Crippen LogP contribution >= 0.6 is 11.6 Å². The van der Waals surface area contributed by atoms with Gasteiger partial charge in [0.1, 0.15) is 0 Å². The molecular formula is C18H20ClNO4. The second kappa shape index (κ2) is 8.45. The maximum absolute atomic E-state index is 10.9. The molecule has 0 aliphatic carbocycles. The van der Waals surface area contributed by atoms with E-state index in [1.54, 1.807) is 37.4 Å². The van der Waals surface area contributed by atoms with E-state index in [1.807, 2.05) is 13.0 Å². The van der Waals surface area contributed by atoms with Crippen LogP contribution in [0.15, 0.2) is 36.4 Å². The molecule has 2 aromatic carbocycles. The van der Waals surface area contributed by atoms with Crippen molar-refractivity contribution < 1.29 is 19.4 Å². The van der Waals surface area contributed by atoms with Gasteiger partial charge in [-0.15, -0.1) is 0 Å². The topological polar surface area (TPSA) is 67.8 Å². The smallest absolute Gasteiger partial charge is 0.335 e. The lowest BCUT2D eigenvalue weighted by atomic mass is 10.1. The van der Waals surface area contributed by atoms with Crippen molar-refractivity contribution in [3.8, 4) is 11.5 Å². The minimum atomic E-state index is -0.947. The first-order valence-corrected chi connectivity index (χ1v) is 7.99. The molecule has 0 bridgehead atoms. The zero-order valence-corrected chi connectivity index (χ0v) is 14.4. The van der Waals surface area contributed by atoms with Crippen molar-refractivity contribution in [3.05, 3.63) is 52.5 Å². The minimum Gasteiger partial charge on any atom is -0.493 e. The van der Waals surface area contributed by atoms with Gasteiger partial charge in [0.2, 0.25) is 0 Å². The summed E-state index contributed by atoms with van der Waals surface area (Å²) in [7, 11) is 1.59. The Kier molecular flexibility index (Phi) is 6.32. The van der Waals surface area contributed by atoms with E-state index in [0.29, 0.717) is 29.7 Å². The van der Waals surface area contributed by atoms with E-state index in [0.717, 1.165) is 17.7 Å². The molecule has 0 fully saturated rings. The lowest BCUT2D eigenvalue weighted by molar-refractivity contribution is 0.0697. The van der Waals surface area contributed by atoms with Crippen molar-refractivity contribution in [2.45, 2.75) is 19.9 Å². The molecule has 128 valence electrons. The predicted octanol–water partition coefficient (Wildman–Crippen LogP) is 4.45. The maximum Gasteiger partial charge on any atom is 0.335 e. The number of nitrogens with one attached hydrogen (secondary N) is 1. The van der Waals surface area contributed by atoms with Crippen LogP contribution < -0.4 is 14.8 Å². The summed E-state index contributed by atoms with van der Waals surface area (Å²) in [5.41, 5.74) is 1.92. The molecule has 6 heteroatoms. The molecule has 5 nitrogen and oxygen atoms in total. The lowest BCUT2D eigenvalue weighted by Crippen LogP contribution is -2.03. The number of aromatic carboxylic acids is 1. The Morgan fingerprint density at radius 3 is 2.50 bits per heavy atom. The van der Waals surface area contributed by atoms with Gasteiger partial charge in [0, 0.05) is 23.3 Å². The normalized spacial score (nSPS) is 10.3. The van der Waals surface area contributed by atoms with E-state index in [1.165, 1.54) is 0 Å². The number of benzene rings is 2. The number of hydrogen-bond acceptors (Lipinski definition) is 4. The van der Waals surface area contributed by atoms with E-state index in [4.69, 9.17) is 26.2 Å². The zero-order valence-electron chi connectivity index (χ0n) is 13.6. The van der Waals surface area contributed by atoms with Gasteiger partial charge in [-0.3, -0.25) is 0 Å². The molecule has 0 unspecified atom stereocenters. The fourth-order valence-electron chi connectivity index (χ4n) is 2.12. The van der Waals surface area contributed by atoms with Crippen LogP contribution in [-0.2, 0) is 6.54 Å². The third-order valence-corrected chi connectivity index (χ3v) is 3.76. The number of rotatable bonds is 8. The maximum atomic E-state index is 10.9. The van der Waals surface area contributed by atoms with E-state index in [2.05, 4.69) is 5.32 Å². The minimum absolute atomic E-state index is 0.248. The number of ether oxygens (including phenoxy) is 2. The molecule has 0 aliphatic rings. The van der Waals surface area contributed by atoms with Crippen LogP contribution in [0.3, 0.4) is 0 Å². The number of methoxy groups -OCH3 is 1. The second-order valence-electron chi connectivity index (χ2n) is 5.18. The number of carboxylic acids is 1. The Morgan fingerprint density at radius 1 is 1.21 bits per heavy atom. The largest absolute Gasteiger partial charge is 0.493 e. The van der Waals surface area contributed by atoms with E-state index >= 15 is 0 Å². The molecule has 0 amide bonds. The molecule has 0 saturated carbocycles. The van der Waals surface area contributed by atoms with E-state index in [9.17, 15) is 4.79 Å². The van der Waals surface area contributed by atoms with Crippen LogP contribution in [0, 0.1) is 0 Å². The molecule has 0 spiro atoms. The summed E-state index contributed by atoms with van der Waals surface area (Å²) in [6.45, 7) is 3.11. The molecule has 0 aromatic heterocycles. The van der Waals surface area contributed by atoms with Gasteiger partial charge in [-0.2, -0.15) is 0 Å². The summed E-state index contributed by atoms with van der Waals surface area (Å²) in [5.74, 6) is 0.307. The highest BCUT2D eigenvalue weighted by atomic mass is 35.5. The number of carboxylic acid groups (broad SMARTS) is 1. The lowest BCUT2D eigenvalue weighted by Gasteiger charge is -2.14. The zero-order chi connectivity index (χ0) is 17.5. The highest BCUT2D eigenvalue weighted by molar-refractivity contribution is 6.31. The van der Waals surface area contributed by atoms with Crippen LogP contribution in [0.25, 0.3) is 0 Å². The molecule has 0 aliphatic heterocycles. The first-order valence-electron chi connectivity index (χ1n) is 7.61. The average Bonchev–Trinajstić information content (AvgIpc) is 2.59. The highest BCUT2D eigenvalue weighted by Crippen LogP contribution is 2.33. The number of hydrogen-bond donors (Lipinski definition) is 2. The molecule has 0 heterocycles. The number of carbonyl (C=O) groups is 1. The Bertz CT molecular complexity index is 701. The summed E-state index contributed by atoms with van der Waals surface area (Å²) < 4.78 is 11.0. The van der Waals surface area contributed by atoms with Crippen molar-refractivity contribution in [1.29, 1.82) is 0 Å². The average molecular weight is 350 g/mol. The summed E-state index contributed by atoms with van der Waals surface area (Å²) in [6, 6.07) is 10.1. The van der Waals surface area contributed by atoms with E-state index < -0.39 is 5.97 Å². The molecule has 2 N–H and O–H groups in total. The third kappa shape index (κ3) is 4.55. The quantitative estimate of drug-likeness (QED) is 0.737. The summed E-state index contributed by atoms with van der Waals surface area (Å²) in [5, 5.41) is 12.7. The van der Waals surface area contributed by atoms with Crippen LogP contribution in [0.5, 0.6) is 11.5 Å². The number of anilines is 1. The van der Waals surface area contributed by atoms with Gasteiger partial charge in [-0.05, 0) is 42.3 Å². The summed E-state index contributed by atoms with van der Waals surface area (Å²) in [4.78, 5) is 10.9. The van der Waals surface area contributed by atoms with Gasteiger partial charge in [0.05, 0.1) is 19.3 Å². The van der Waals surface area contributed by atoms with Gasteiger partial charge >= 0.3 is 5.97 Å². The first kappa shape index (κ1) is 17.9. The summed E-state index contributed by atoms with van der Waals surface area (Å²) >= 11 is 6.32. The second-order valence-corrected chi connectivity index (χ2v) is 5.59. The van der Waals surface area contributed by atoms with Crippen molar-refractivity contribution in [3.63, 3.8) is 0 Å². The Morgan fingerprint density at radius 2 is 1.92 bits per heavy atom. The van der Waals surface area contributed by atoms with Gasteiger partial charge in [-0.25, -0.2) is 4.79 Å². The van der Waals surface area contributed by atoms with Crippen LogP contribution in [-0.4, -0.2) is 24.8 Å². The Balaban J connectivity index is 2.10. The molecule has 0 atom stereocenters. The Labute approximate surface area is 146 Å². The SMILES string of the molecule is CCCOc1cc(Cl)c(CNc2ccc(C(=O)O)cc2)cc1OC. The predicted molar refractivity (Wildman–Crippen MR) is 94.5 cm³/mol. The van der Waals surface area contributed by atoms with Gasteiger partial charge in [0.25, 0.3) is 0 Å². The molecule has 0 saturated heterocycles. The number of halogens is 1. The fourth-order valence-corrected chi connectivity index (χ4v) is 2.35. The molecular weight excluding hydrogens is 330 g/mol. The van der Waals surface area contributed by atoms with Gasteiger partial charge < -0.3 is 19.9 Å². The van der Waals surface area contributed by atoms with Gasteiger partial charge in [-0.1, -0.05) is 18.5 Å². The van der Waals surface area contributed by atoms with Gasteiger partial charge in [0.15, 0.2) is 11.5 Å². The molecule has 24 heavy (non-hydrogen) atoms. The molecule has 2 aromatic rings. The summed E-state index contributed by atoms with van der Waals surface area (Å²) in [6.07, 6.45) is 0.899. The fraction of sp³-hybridized carbons (Fsp3) is 0.278. The standard InChI is InChI=1S/C18H20ClNO4/c1-3-8-24-17-10-15(19)13(9-16(17)23-2)11-20-14-6-4-12(5-7-14)18(21)22/h4-7,9-10,20H,3,8,11H2,1-2H3,(H,21,22). The Hall–Kier alpha value is -2.40.